The van der Waals surface area contributed by atoms with Crippen LogP contribution in [0.4, 0.5) is 0 Å². The second kappa shape index (κ2) is 5.31. The quantitative estimate of drug-likeness (QED) is 0.895. The molecule has 18 heavy (non-hydrogen) atoms. The summed E-state index contributed by atoms with van der Waals surface area (Å²) in [5, 5.41) is 7.21. The Morgan fingerprint density at radius 1 is 1.33 bits per heavy atom. The molecule has 1 aliphatic rings. The third kappa shape index (κ3) is 2.43. The van der Waals surface area contributed by atoms with E-state index in [1.54, 1.807) is 0 Å². The van der Waals surface area contributed by atoms with Gasteiger partial charge in [0.05, 0.1) is 6.54 Å². The summed E-state index contributed by atoms with van der Waals surface area (Å²) in [7, 11) is 0. The Labute approximate surface area is 106 Å². The maximum atomic E-state index is 4.71. The van der Waals surface area contributed by atoms with Gasteiger partial charge >= 0.3 is 0 Å². The van der Waals surface area contributed by atoms with Crippen LogP contribution in [0.2, 0.25) is 0 Å². The molecule has 2 aromatic rings. The molecule has 1 heterocycles. The lowest BCUT2D eigenvalue weighted by Crippen LogP contribution is -2.24. The molecule has 0 amide bonds. The third-order valence-electron chi connectivity index (χ3n) is 3.57. The van der Waals surface area contributed by atoms with Gasteiger partial charge in [0, 0.05) is 6.54 Å². The number of nitrogens with zero attached hydrogens (tertiary/aromatic N) is 2. The van der Waals surface area contributed by atoms with Crippen LogP contribution in [0.5, 0.6) is 0 Å². The van der Waals surface area contributed by atoms with E-state index in [0.29, 0.717) is 12.5 Å². The molecular weight excluding hydrogens is 226 g/mol. The molecule has 0 fully saturated rings. The molecule has 1 atom stereocenters. The highest BCUT2D eigenvalue weighted by atomic mass is 16.5. The smallest absolute Gasteiger partial charge is 0.213 e. The van der Waals surface area contributed by atoms with Crippen molar-refractivity contribution in [3.63, 3.8) is 0 Å². The van der Waals surface area contributed by atoms with Gasteiger partial charge in [-0.15, -0.1) is 0 Å². The molecular formula is C14H17N3O. The van der Waals surface area contributed by atoms with Gasteiger partial charge in [-0.3, -0.25) is 0 Å². The lowest BCUT2D eigenvalue weighted by atomic mass is 9.83. The standard InChI is InChI=1S/C14H17N3O/c1-2-7-13-11(4-1)5-3-6-12(13)8-15-9-14-16-10-18-17-14/h1-2,4,7,10,12,15H,3,5-6,8-9H2. The molecule has 0 saturated carbocycles. The summed E-state index contributed by atoms with van der Waals surface area (Å²) in [6.45, 7) is 1.65. The summed E-state index contributed by atoms with van der Waals surface area (Å²) in [6, 6.07) is 8.78. The minimum atomic E-state index is 0.613. The Morgan fingerprint density at radius 3 is 3.17 bits per heavy atom. The van der Waals surface area contributed by atoms with Crippen LogP contribution in [-0.4, -0.2) is 16.7 Å². The average molecular weight is 243 g/mol. The Hall–Kier alpha value is -1.68. The van der Waals surface area contributed by atoms with Crippen molar-refractivity contribution in [3.8, 4) is 0 Å². The van der Waals surface area contributed by atoms with Crippen molar-refractivity contribution in [2.75, 3.05) is 6.54 Å². The summed E-state index contributed by atoms with van der Waals surface area (Å²) in [6.07, 6.45) is 5.13. The van der Waals surface area contributed by atoms with Gasteiger partial charge in [-0.25, -0.2) is 0 Å². The van der Waals surface area contributed by atoms with E-state index < -0.39 is 0 Å². The Kier molecular flexibility index (Phi) is 3.37. The highest BCUT2D eigenvalue weighted by Crippen LogP contribution is 2.30. The number of fused-ring (bicyclic) bond motifs is 1. The Bertz CT molecular complexity index is 496. The first kappa shape index (κ1) is 11.4. The zero-order chi connectivity index (χ0) is 12.2. The van der Waals surface area contributed by atoms with Crippen LogP contribution in [-0.2, 0) is 13.0 Å². The number of nitrogens with one attached hydrogen (secondary N) is 1. The van der Waals surface area contributed by atoms with E-state index in [9.17, 15) is 0 Å². The lowest BCUT2D eigenvalue weighted by Gasteiger charge is -2.25. The number of hydrogen-bond acceptors (Lipinski definition) is 4. The van der Waals surface area contributed by atoms with Crippen molar-refractivity contribution in [3.05, 3.63) is 47.6 Å². The molecule has 1 aromatic heterocycles. The highest BCUT2D eigenvalue weighted by molar-refractivity contribution is 5.32. The molecule has 0 radical (unpaired) electrons. The van der Waals surface area contributed by atoms with Gasteiger partial charge in [0.2, 0.25) is 6.39 Å². The van der Waals surface area contributed by atoms with Crippen LogP contribution >= 0.6 is 0 Å². The molecule has 0 bridgehead atoms. The van der Waals surface area contributed by atoms with Gasteiger partial charge < -0.3 is 9.84 Å². The normalized spacial score (nSPS) is 18.6. The predicted octanol–water partition coefficient (Wildman–Crippen LogP) is 2.28. The molecule has 0 saturated heterocycles. The fourth-order valence-electron chi connectivity index (χ4n) is 2.70. The fourth-order valence-corrected chi connectivity index (χ4v) is 2.70. The monoisotopic (exact) mass is 243 g/mol. The van der Waals surface area contributed by atoms with Gasteiger partial charge in [-0.05, 0) is 36.3 Å². The van der Waals surface area contributed by atoms with E-state index in [1.807, 2.05) is 0 Å². The maximum Gasteiger partial charge on any atom is 0.213 e. The summed E-state index contributed by atoms with van der Waals surface area (Å²) >= 11 is 0. The molecule has 3 rings (SSSR count). The first-order valence-electron chi connectivity index (χ1n) is 6.47. The molecule has 1 N–H and O–H groups in total. The van der Waals surface area contributed by atoms with Crippen LogP contribution in [0, 0.1) is 0 Å². The first-order chi connectivity index (χ1) is 8.93. The van der Waals surface area contributed by atoms with Gasteiger partial charge in [0.25, 0.3) is 0 Å². The third-order valence-corrected chi connectivity index (χ3v) is 3.57. The summed E-state index contributed by atoms with van der Waals surface area (Å²) in [4.78, 5) is 4.00. The van der Waals surface area contributed by atoms with E-state index in [1.165, 1.54) is 36.8 Å². The number of aromatic nitrogens is 2. The van der Waals surface area contributed by atoms with Crippen molar-refractivity contribution in [2.24, 2.45) is 0 Å². The minimum absolute atomic E-state index is 0.613. The number of aryl methyl sites for hydroxylation is 1. The molecule has 0 spiro atoms. The average Bonchev–Trinajstić information content (AvgIpc) is 2.92. The zero-order valence-electron chi connectivity index (χ0n) is 10.3. The van der Waals surface area contributed by atoms with Crippen molar-refractivity contribution < 1.29 is 4.52 Å². The van der Waals surface area contributed by atoms with Crippen LogP contribution in [0.25, 0.3) is 0 Å². The number of benzene rings is 1. The van der Waals surface area contributed by atoms with E-state index in [2.05, 4.69) is 39.7 Å². The minimum Gasteiger partial charge on any atom is -0.343 e. The molecule has 4 heteroatoms. The van der Waals surface area contributed by atoms with E-state index in [4.69, 9.17) is 4.52 Å². The van der Waals surface area contributed by atoms with Crippen LogP contribution < -0.4 is 5.32 Å². The van der Waals surface area contributed by atoms with Crippen molar-refractivity contribution in [1.29, 1.82) is 0 Å². The number of hydrogen-bond donors (Lipinski definition) is 1. The molecule has 4 nitrogen and oxygen atoms in total. The second-order valence-corrected chi connectivity index (χ2v) is 4.77. The molecule has 1 aromatic carbocycles. The Balaban J connectivity index is 1.60. The van der Waals surface area contributed by atoms with Crippen molar-refractivity contribution in [1.82, 2.24) is 15.5 Å². The largest absolute Gasteiger partial charge is 0.343 e. The van der Waals surface area contributed by atoms with E-state index in [-0.39, 0.29) is 0 Å². The molecule has 94 valence electrons. The van der Waals surface area contributed by atoms with Gasteiger partial charge in [-0.2, -0.15) is 4.98 Å². The SMILES string of the molecule is c1ccc2c(c1)CCCC2CNCc1ncon1. The van der Waals surface area contributed by atoms with Crippen LogP contribution in [0.15, 0.2) is 35.2 Å². The molecule has 1 unspecified atom stereocenters. The fraction of sp³-hybridized carbons (Fsp3) is 0.429. The second-order valence-electron chi connectivity index (χ2n) is 4.77. The zero-order valence-corrected chi connectivity index (χ0v) is 10.3. The van der Waals surface area contributed by atoms with Crippen molar-refractivity contribution >= 4 is 0 Å². The predicted molar refractivity (Wildman–Crippen MR) is 68.1 cm³/mol. The lowest BCUT2D eigenvalue weighted by molar-refractivity contribution is 0.405. The Morgan fingerprint density at radius 2 is 2.28 bits per heavy atom. The van der Waals surface area contributed by atoms with E-state index >= 15 is 0 Å². The topological polar surface area (TPSA) is 51.0 Å². The van der Waals surface area contributed by atoms with E-state index in [0.717, 1.165) is 12.4 Å². The summed E-state index contributed by atoms with van der Waals surface area (Å²) < 4.78 is 4.71. The molecule has 1 aliphatic carbocycles. The van der Waals surface area contributed by atoms with Gasteiger partial charge in [-0.1, -0.05) is 29.4 Å². The van der Waals surface area contributed by atoms with Crippen LogP contribution in [0.3, 0.4) is 0 Å². The molecule has 0 aliphatic heterocycles. The van der Waals surface area contributed by atoms with Gasteiger partial charge in [0.15, 0.2) is 5.82 Å². The van der Waals surface area contributed by atoms with Crippen molar-refractivity contribution in [2.45, 2.75) is 31.7 Å². The summed E-state index contributed by atoms with van der Waals surface area (Å²) in [5.74, 6) is 1.33. The number of rotatable bonds is 4. The first-order valence-corrected chi connectivity index (χ1v) is 6.47. The summed E-state index contributed by atoms with van der Waals surface area (Å²) in [5.41, 5.74) is 3.01. The maximum absolute atomic E-state index is 4.71. The highest BCUT2D eigenvalue weighted by Gasteiger charge is 2.19. The van der Waals surface area contributed by atoms with Gasteiger partial charge in [0.1, 0.15) is 0 Å². The van der Waals surface area contributed by atoms with Crippen LogP contribution in [0.1, 0.15) is 35.7 Å².